The van der Waals surface area contributed by atoms with E-state index in [1.807, 2.05) is 0 Å². The fraction of sp³-hybridized carbons (Fsp3) is 0.333. The summed E-state index contributed by atoms with van der Waals surface area (Å²) in [5, 5.41) is 24.5. The van der Waals surface area contributed by atoms with E-state index in [-0.39, 0.29) is 6.42 Å². The van der Waals surface area contributed by atoms with Crippen LogP contribution in [0.3, 0.4) is 0 Å². The first-order valence-electron chi connectivity index (χ1n) is 5.56. The van der Waals surface area contributed by atoms with Gasteiger partial charge >= 0.3 is 5.97 Å². The van der Waals surface area contributed by atoms with E-state index in [0.717, 1.165) is 10.6 Å². The van der Waals surface area contributed by atoms with Crippen LogP contribution < -0.4 is 10.7 Å². The number of carbonyl (C=O) groups is 1. The molecule has 2 rings (SSSR count). The maximum atomic E-state index is 11.2. The lowest BCUT2D eigenvalue weighted by atomic mass is 10.1. The summed E-state index contributed by atoms with van der Waals surface area (Å²) in [6.07, 6.45) is -0.0129. The Labute approximate surface area is 104 Å². The number of rotatable bonds is 3. The van der Waals surface area contributed by atoms with Gasteiger partial charge < -0.3 is 15.9 Å². The van der Waals surface area contributed by atoms with Crippen LogP contribution in [0.25, 0.3) is 0 Å². The summed E-state index contributed by atoms with van der Waals surface area (Å²) < 4.78 is 0. The van der Waals surface area contributed by atoms with Crippen molar-refractivity contribution in [2.75, 3.05) is 5.01 Å². The van der Waals surface area contributed by atoms with Gasteiger partial charge in [-0.15, -0.1) is 0 Å². The Kier molecular flexibility index (Phi) is 3.06. The zero-order chi connectivity index (χ0) is 13.3. The molecule has 96 valence electrons. The van der Waals surface area contributed by atoms with Gasteiger partial charge in [-0.3, -0.25) is 0 Å². The molecule has 6 nitrogen and oxygen atoms in total. The number of carboxylic acids is 1. The molecular weight excluding hydrogens is 234 g/mol. The SMILES string of the molecule is CC1=NN(c2ccc(CN)cc2)C(O)(C(=O)O)C1. The minimum atomic E-state index is -2.01. The summed E-state index contributed by atoms with van der Waals surface area (Å²) in [7, 11) is 0. The van der Waals surface area contributed by atoms with Gasteiger partial charge in [0.05, 0.1) is 5.69 Å². The first-order valence-corrected chi connectivity index (χ1v) is 5.56. The first kappa shape index (κ1) is 12.5. The highest BCUT2D eigenvalue weighted by atomic mass is 16.4. The summed E-state index contributed by atoms with van der Waals surface area (Å²) in [4.78, 5) is 11.2. The highest BCUT2D eigenvalue weighted by molar-refractivity contribution is 5.96. The smallest absolute Gasteiger partial charge is 0.359 e. The van der Waals surface area contributed by atoms with Crippen molar-refractivity contribution < 1.29 is 15.0 Å². The molecule has 0 saturated carbocycles. The van der Waals surface area contributed by atoms with Crippen molar-refractivity contribution >= 4 is 17.4 Å². The number of aliphatic hydroxyl groups is 1. The van der Waals surface area contributed by atoms with Crippen LogP contribution in [-0.4, -0.2) is 27.6 Å². The Morgan fingerprint density at radius 2 is 2.11 bits per heavy atom. The Hall–Kier alpha value is -1.92. The Bertz CT molecular complexity index is 498. The Balaban J connectivity index is 2.37. The molecule has 0 aliphatic carbocycles. The van der Waals surface area contributed by atoms with Crippen LogP contribution in [0, 0.1) is 0 Å². The van der Waals surface area contributed by atoms with Gasteiger partial charge in [0.25, 0.3) is 5.72 Å². The third-order valence-corrected chi connectivity index (χ3v) is 2.88. The molecule has 1 aliphatic rings. The Morgan fingerprint density at radius 1 is 1.50 bits per heavy atom. The van der Waals surface area contributed by atoms with E-state index in [0.29, 0.717) is 17.9 Å². The van der Waals surface area contributed by atoms with Crippen LogP contribution in [0.5, 0.6) is 0 Å². The normalized spacial score (nSPS) is 23.1. The predicted molar refractivity (Wildman–Crippen MR) is 67.1 cm³/mol. The highest BCUT2D eigenvalue weighted by Crippen LogP contribution is 2.31. The maximum Gasteiger partial charge on any atom is 0.359 e. The zero-order valence-electron chi connectivity index (χ0n) is 10.00. The quantitative estimate of drug-likeness (QED) is 0.724. The minimum absolute atomic E-state index is 0.0129. The van der Waals surface area contributed by atoms with E-state index in [1.165, 1.54) is 0 Å². The minimum Gasteiger partial charge on any atom is -0.478 e. The number of carboxylic acid groups (broad SMARTS) is 1. The lowest BCUT2D eigenvalue weighted by Gasteiger charge is -2.28. The molecule has 0 amide bonds. The van der Waals surface area contributed by atoms with Crippen molar-refractivity contribution in [3.8, 4) is 0 Å². The molecule has 18 heavy (non-hydrogen) atoms. The van der Waals surface area contributed by atoms with E-state index in [1.54, 1.807) is 31.2 Å². The van der Waals surface area contributed by atoms with Gasteiger partial charge in [0.15, 0.2) is 0 Å². The largest absolute Gasteiger partial charge is 0.478 e. The standard InChI is InChI=1S/C12H15N3O3/c1-8-6-12(18,11(16)17)15(14-8)10-4-2-9(7-13)3-5-10/h2-5,18H,6-7,13H2,1H3,(H,16,17). The number of hydrogen-bond donors (Lipinski definition) is 3. The van der Waals surface area contributed by atoms with Gasteiger partial charge in [0, 0.05) is 18.7 Å². The molecule has 1 aliphatic heterocycles. The fourth-order valence-electron chi connectivity index (χ4n) is 1.93. The topological polar surface area (TPSA) is 99.1 Å². The number of nitrogens with two attached hydrogens (primary N) is 1. The van der Waals surface area contributed by atoms with Crippen molar-refractivity contribution in [1.29, 1.82) is 0 Å². The number of anilines is 1. The summed E-state index contributed by atoms with van der Waals surface area (Å²) in [6, 6.07) is 6.94. The molecule has 0 radical (unpaired) electrons. The molecular formula is C12H15N3O3. The number of hydrogen-bond acceptors (Lipinski definition) is 5. The lowest BCUT2D eigenvalue weighted by molar-refractivity contribution is -0.157. The molecule has 4 N–H and O–H groups in total. The maximum absolute atomic E-state index is 11.2. The molecule has 1 aromatic carbocycles. The third-order valence-electron chi connectivity index (χ3n) is 2.88. The molecule has 0 fully saturated rings. The van der Waals surface area contributed by atoms with Crippen molar-refractivity contribution in [3.63, 3.8) is 0 Å². The third kappa shape index (κ3) is 1.96. The molecule has 1 atom stereocenters. The average Bonchev–Trinajstić information content (AvgIpc) is 2.66. The predicted octanol–water partition coefficient (Wildman–Crippen LogP) is 0.505. The fourth-order valence-corrected chi connectivity index (χ4v) is 1.93. The van der Waals surface area contributed by atoms with E-state index in [2.05, 4.69) is 5.10 Å². The van der Waals surface area contributed by atoms with Crippen LogP contribution in [0.1, 0.15) is 18.9 Å². The van der Waals surface area contributed by atoms with Crippen molar-refractivity contribution in [2.45, 2.75) is 25.6 Å². The lowest BCUT2D eigenvalue weighted by Crippen LogP contribution is -2.50. The molecule has 0 aromatic heterocycles. The van der Waals surface area contributed by atoms with Gasteiger partial charge in [-0.25, -0.2) is 9.80 Å². The van der Waals surface area contributed by atoms with Crippen LogP contribution >= 0.6 is 0 Å². The van der Waals surface area contributed by atoms with Crippen molar-refractivity contribution in [1.82, 2.24) is 0 Å². The summed E-state index contributed by atoms with van der Waals surface area (Å²) in [5.41, 5.74) is 5.51. The molecule has 1 unspecified atom stereocenters. The van der Waals surface area contributed by atoms with Crippen LogP contribution in [0.2, 0.25) is 0 Å². The molecule has 0 spiro atoms. The summed E-state index contributed by atoms with van der Waals surface area (Å²) >= 11 is 0. The van der Waals surface area contributed by atoms with E-state index in [4.69, 9.17) is 10.8 Å². The van der Waals surface area contributed by atoms with Gasteiger partial charge in [0.2, 0.25) is 0 Å². The van der Waals surface area contributed by atoms with Crippen LogP contribution in [0.4, 0.5) is 5.69 Å². The second kappa shape index (κ2) is 4.40. The van der Waals surface area contributed by atoms with Gasteiger partial charge in [-0.05, 0) is 24.6 Å². The second-order valence-electron chi connectivity index (χ2n) is 4.32. The molecule has 6 heteroatoms. The first-order chi connectivity index (χ1) is 8.47. The van der Waals surface area contributed by atoms with Crippen molar-refractivity contribution in [3.05, 3.63) is 29.8 Å². The summed E-state index contributed by atoms with van der Waals surface area (Å²) in [5.74, 6) is -1.31. The number of benzene rings is 1. The molecule has 1 aromatic rings. The summed E-state index contributed by atoms with van der Waals surface area (Å²) in [6.45, 7) is 2.09. The van der Waals surface area contributed by atoms with E-state index < -0.39 is 11.7 Å². The van der Waals surface area contributed by atoms with Gasteiger partial charge in [0.1, 0.15) is 0 Å². The monoisotopic (exact) mass is 249 g/mol. The van der Waals surface area contributed by atoms with Gasteiger partial charge in [-0.1, -0.05) is 12.1 Å². The molecule has 0 bridgehead atoms. The number of aliphatic carboxylic acids is 1. The van der Waals surface area contributed by atoms with Crippen LogP contribution in [0.15, 0.2) is 29.4 Å². The molecule has 0 saturated heterocycles. The van der Waals surface area contributed by atoms with Crippen LogP contribution in [-0.2, 0) is 11.3 Å². The second-order valence-corrected chi connectivity index (χ2v) is 4.32. The highest BCUT2D eigenvalue weighted by Gasteiger charge is 2.47. The zero-order valence-corrected chi connectivity index (χ0v) is 10.00. The Morgan fingerprint density at radius 3 is 2.61 bits per heavy atom. The van der Waals surface area contributed by atoms with E-state index >= 15 is 0 Å². The number of hydrazone groups is 1. The van der Waals surface area contributed by atoms with Gasteiger partial charge in [-0.2, -0.15) is 5.10 Å². The molecule has 1 heterocycles. The van der Waals surface area contributed by atoms with Crippen molar-refractivity contribution in [2.24, 2.45) is 10.8 Å². The van der Waals surface area contributed by atoms with E-state index in [9.17, 15) is 9.90 Å². The number of nitrogens with zero attached hydrogens (tertiary/aromatic N) is 2. The average molecular weight is 249 g/mol.